The van der Waals surface area contributed by atoms with Gasteiger partial charge in [-0.05, 0) is 98.8 Å². The van der Waals surface area contributed by atoms with E-state index < -0.39 is 5.97 Å². The van der Waals surface area contributed by atoms with Gasteiger partial charge in [-0.1, -0.05) is 41.4 Å². The smallest absolute Gasteiger partial charge is 0.335 e. The third-order valence-corrected chi connectivity index (χ3v) is 6.41. The van der Waals surface area contributed by atoms with Gasteiger partial charge in [-0.3, -0.25) is 0 Å². The Morgan fingerprint density at radius 2 is 1.71 bits per heavy atom. The lowest BCUT2D eigenvalue weighted by Gasteiger charge is -2.12. The molecule has 0 aromatic heterocycles. The van der Waals surface area contributed by atoms with E-state index in [2.05, 4.69) is 51.3 Å². The van der Waals surface area contributed by atoms with Crippen molar-refractivity contribution in [3.05, 3.63) is 94.0 Å². The number of hydrogen-bond donors (Lipinski definition) is 1. The highest BCUT2D eigenvalue weighted by molar-refractivity contribution is 14.1. The molecular weight excluding hydrogens is 663 g/mol. The lowest BCUT2D eigenvalue weighted by atomic mass is 10.0. The molecule has 0 bridgehead atoms. The van der Waals surface area contributed by atoms with Crippen molar-refractivity contribution in [3.8, 4) is 11.8 Å². The summed E-state index contributed by atoms with van der Waals surface area (Å²) in [6, 6.07) is 17.6. The topological polar surface area (TPSA) is 70.3 Å². The summed E-state index contributed by atoms with van der Waals surface area (Å²) < 4.78 is 7.75. The molecular formula is C23H13Cl2I2NO3. The average Bonchev–Trinajstić information content (AvgIpc) is 2.72. The Bertz CT molecular complexity index is 1200. The molecule has 0 saturated carbocycles. The maximum atomic E-state index is 11.0. The Labute approximate surface area is 216 Å². The second kappa shape index (κ2) is 10.7. The van der Waals surface area contributed by atoms with Crippen LogP contribution in [-0.4, -0.2) is 11.1 Å². The first-order valence-corrected chi connectivity index (χ1v) is 11.7. The maximum Gasteiger partial charge on any atom is 0.335 e. The van der Waals surface area contributed by atoms with Crippen molar-refractivity contribution in [1.29, 1.82) is 5.26 Å². The number of ether oxygens (including phenoxy) is 1. The number of carboxylic acid groups (broad SMARTS) is 1. The van der Waals surface area contributed by atoms with Crippen LogP contribution in [0.25, 0.3) is 11.6 Å². The van der Waals surface area contributed by atoms with Crippen LogP contribution in [-0.2, 0) is 6.61 Å². The van der Waals surface area contributed by atoms with Crippen LogP contribution in [0, 0.1) is 18.5 Å². The summed E-state index contributed by atoms with van der Waals surface area (Å²) in [5.74, 6) is -0.236. The second-order valence-corrected chi connectivity index (χ2v) is 9.57. The van der Waals surface area contributed by atoms with Gasteiger partial charge in [0.15, 0.2) is 0 Å². The van der Waals surface area contributed by atoms with Crippen molar-refractivity contribution in [3.63, 3.8) is 0 Å². The summed E-state index contributed by atoms with van der Waals surface area (Å²) in [5, 5.41) is 19.5. The zero-order chi connectivity index (χ0) is 22.5. The maximum absolute atomic E-state index is 11.0. The van der Waals surface area contributed by atoms with E-state index in [0.717, 1.165) is 24.0 Å². The van der Waals surface area contributed by atoms with Crippen molar-refractivity contribution in [2.75, 3.05) is 0 Å². The molecule has 0 aliphatic heterocycles. The largest absolute Gasteiger partial charge is 0.487 e. The first kappa shape index (κ1) is 23.9. The molecule has 0 radical (unpaired) electrons. The van der Waals surface area contributed by atoms with E-state index in [1.54, 1.807) is 48.5 Å². The van der Waals surface area contributed by atoms with Gasteiger partial charge >= 0.3 is 5.97 Å². The summed E-state index contributed by atoms with van der Waals surface area (Å²) in [6.07, 6.45) is 1.77. The van der Waals surface area contributed by atoms with Crippen molar-refractivity contribution < 1.29 is 14.6 Å². The van der Waals surface area contributed by atoms with Crippen molar-refractivity contribution >= 4 is 86.0 Å². The van der Waals surface area contributed by atoms with Crippen LogP contribution in [0.3, 0.4) is 0 Å². The van der Waals surface area contributed by atoms with Crippen LogP contribution in [0.5, 0.6) is 5.75 Å². The van der Waals surface area contributed by atoms with Crippen molar-refractivity contribution in [2.45, 2.75) is 6.61 Å². The van der Waals surface area contributed by atoms with Gasteiger partial charge in [0.25, 0.3) is 0 Å². The highest BCUT2D eigenvalue weighted by Crippen LogP contribution is 2.33. The fourth-order valence-corrected chi connectivity index (χ4v) is 5.38. The van der Waals surface area contributed by atoms with Crippen LogP contribution in [0.1, 0.15) is 27.0 Å². The van der Waals surface area contributed by atoms with Crippen molar-refractivity contribution in [1.82, 2.24) is 0 Å². The van der Waals surface area contributed by atoms with Gasteiger partial charge in [-0.2, -0.15) is 5.26 Å². The quantitative estimate of drug-likeness (QED) is 0.167. The van der Waals surface area contributed by atoms with Gasteiger partial charge in [0, 0.05) is 10.6 Å². The number of aromatic carboxylic acids is 1. The molecule has 0 saturated heterocycles. The van der Waals surface area contributed by atoms with Crippen LogP contribution in [0.2, 0.25) is 10.0 Å². The number of allylic oxidation sites excluding steroid dienone is 1. The van der Waals surface area contributed by atoms with Crippen LogP contribution < -0.4 is 4.74 Å². The number of carbonyl (C=O) groups is 1. The minimum atomic E-state index is -0.961. The monoisotopic (exact) mass is 675 g/mol. The highest BCUT2D eigenvalue weighted by atomic mass is 127. The lowest BCUT2D eigenvalue weighted by Crippen LogP contribution is -2.01. The second-order valence-electron chi connectivity index (χ2n) is 6.40. The Kier molecular flexibility index (Phi) is 8.22. The van der Waals surface area contributed by atoms with Gasteiger partial charge in [0.2, 0.25) is 0 Å². The summed E-state index contributed by atoms with van der Waals surface area (Å²) in [6.45, 7) is 0.310. The third kappa shape index (κ3) is 6.13. The molecule has 0 amide bonds. The summed E-state index contributed by atoms with van der Waals surface area (Å²) in [5.41, 5.74) is 2.99. The molecule has 3 aromatic carbocycles. The Hall–Kier alpha value is -1.80. The number of rotatable bonds is 6. The molecule has 0 atom stereocenters. The zero-order valence-electron chi connectivity index (χ0n) is 15.7. The number of hydrogen-bond acceptors (Lipinski definition) is 3. The van der Waals surface area contributed by atoms with Gasteiger partial charge < -0.3 is 9.84 Å². The van der Waals surface area contributed by atoms with E-state index in [1.807, 2.05) is 12.1 Å². The predicted octanol–water partition coefficient (Wildman–Crippen LogP) is 7.54. The molecule has 0 aliphatic rings. The normalized spacial score (nSPS) is 11.1. The summed E-state index contributed by atoms with van der Waals surface area (Å²) >= 11 is 16.6. The van der Waals surface area contributed by atoms with E-state index in [0.29, 0.717) is 27.8 Å². The van der Waals surface area contributed by atoms with Crippen LogP contribution >= 0.6 is 68.4 Å². The molecule has 0 spiro atoms. The number of nitriles is 1. The van der Waals surface area contributed by atoms with Crippen LogP contribution in [0.4, 0.5) is 0 Å². The molecule has 8 heteroatoms. The van der Waals surface area contributed by atoms with Crippen molar-refractivity contribution in [2.24, 2.45) is 0 Å². The van der Waals surface area contributed by atoms with E-state index >= 15 is 0 Å². The van der Waals surface area contributed by atoms with Crippen LogP contribution in [0.15, 0.2) is 54.6 Å². The summed E-state index contributed by atoms with van der Waals surface area (Å²) in [4.78, 5) is 11.0. The Morgan fingerprint density at radius 3 is 2.26 bits per heavy atom. The molecule has 156 valence electrons. The molecule has 31 heavy (non-hydrogen) atoms. The Balaban J connectivity index is 1.83. The number of halogens is 4. The zero-order valence-corrected chi connectivity index (χ0v) is 21.5. The lowest BCUT2D eigenvalue weighted by molar-refractivity contribution is 0.0697. The molecule has 3 aromatic rings. The van der Waals surface area contributed by atoms with E-state index in [1.165, 1.54) is 0 Å². The van der Waals surface area contributed by atoms with Gasteiger partial charge in [-0.25, -0.2) is 4.79 Å². The first-order chi connectivity index (χ1) is 14.8. The minimum Gasteiger partial charge on any atom is -0.487 e. The number of nitrogens with zero attached hydrogens (tertiary/aromatic N) is 1. The SMILES string of the molecule is N#C/C(=C/c1cc(I)c(OCc2ccc(C(=O)O)cc2)c(I)c1)c1ccc(Cl)cc1Cl. The number of carboxylic acids is 1. The third-order valence-electron chi connectivity index (χ3n) is 4.26. The standard InChI is InChI=1S/C23H13Cl2I2NO3/c24-17-5-6-18(19(25)10-17)16(11-28)7-14-8-20(26)22(21(27)9-14)31-12-13-1-3-15(4-2-13)23(29)30/h1-10H,12H2,(H,29,30)/b16-7-. The fraction of sp³-hybridized carbons (Fsp3) is 0.0435. The predicted molar refractivity (Wildman–Crippen MR) is 140 cm³/mol. The fourth-order valence-electron chi connectivity index (χ4n) is 2.74. The van der Waals surface area contributed by atoms with Gasteiger partial charge in [0.05, 0.1) is 29.4 Å². The molecule has 0 heterocycles. The molecule has 4 nitrogen and oxygen atoms in total. The van der Waals surface area contributed by atoms with E-state index in [4.69, 9.17) is 33.0 Å². The average molecular weight is 676 g/mol. The van der Waals surface area contributed by atoms with Gasteiger partial charge in [0.1, 0.15) is 12.4 Å². The molecule has 0 unspecified atom stereocenters. The summed E-state index contributed by atoms with van der Waals surface area (Å²) in [7, 11) is 0. The van der Waals surface area contributed by atoms with E-state index in [-0.39, 0.29) is 5.56 Å². The molecule has 0 aliphatic carbocycles. The van der Waals surface area contributed by atoms with Gasteiger partial charge in [-0.15, -0.1) is 0 Å². The Morgan fingerprint density at radius 1 is 1.06 bits per heavy atom. The first-order valence-electron chi connectivity index (χ1n) is 8.80. The molecule has 3 rings (SSSR count). The highest BCUT2D eigenvalue weighted by Gasteiger charge is 2.12. The number of benzene rings is 3. The molecule has 0 fully saturated rings. The van der Waals surface area contributed by atoms with E-state index in [9.17, 15) is 10.1 Å². The minimum absolute atomic E-state index is 0.234. The molecule has 1 N–H and O–H groups in total.